The van der Waals surface area contributed by atoms with Crippen LogP contribution in [0.1, 0.15) is 43.4 Å². The molecule has 1 fully saturated rings. The van der Waals surface area contributed by atoms with E-state index in [1.807, 2.05) is 14.0 Å². The zero-order chi connectivity index (χ0) is 12.4. The van der Waals surface area contributed by atoms with E-state index in [0.717, 1.165) is 17.0 Å². The number of hydrogen-bond acceptors (Lipinski definition) is 1. The van der Waals surface area contributed by atoms with E-state index in [1.54, 1.807) is 12.1 Å². The minimum absolute atomic E-state index is 0.119. The molecule has 0 heterocycles. The third-order valence-electron chi connectivity index (χ3n) is 3.94. The topological polar surface area (TPSA) is 12.0 Å². The predicted molar refractivity (Wildman–Crippen MR) is 69.4 cm³/mol. The maximum atomic E-state index is 13.5. The van der Waals surface area contributed by atoms with E-state index in [0.29, 0.717) is 12.0 Å². The number of hydrogen-bond donors (Lipinski definition) is 1. The standard InChI is InChI=1S/C15H22FN/c1-10-4-5-12(6-10)15(17-3)13-7-11(2)8-14(16)9-13/h7-10,12,15,17H,4-6H2,1-3H3. The first-order chi connectivity index (χ1) is 8.10. The molecule has 1 aliphatic carbocycles. The van der Waals surface area contributed by atoms with Crippen LogP contribution in [0.4, 0.5) is 4.39 Å². The van der Waals surface area contributed by atoms with Crippen molar-refractivity contribution >= 4 is 0 Å². The molecular formula is C15H22FN. The Kier molecular flexibility index (Phi) is 3.82. The number of nitrogens with one attached hydrogen (secondary N) is 1. The second-order valence-corrected chi connectivity index (χ2v) is 5.51. The quantitative estimate of drug-likeness (QED) is 0.839. The molecular weight excluding hydrogens is 213 g/mol. The third-order valence-corrected chi connectivity index (χ3v) is 3.94. The van der Waals surface area contributed by atoms with Gasteiger partial charge < -0.3 is 5.32 Å². The lowest BCUT2D eigenvalue weighted by molar-refractivity contribution is 0.378. The lowest BCUT2D eigenvalue weighted by atomic mass is 9.90. The van der Waals surface area contributed by atoms with E-state index in [9.17, 15) is 4.39 Å². The number of benzene rings is 1. The van der Waals surface area contributed by atoms with Gasteiger partial charge in [0.15, 0.2) is 0 Å². The minimum atomic E-state index is -0.119. The fourth-order valence-corrected chi connectivity index (χ4v) is 3.17. The fraction of sp³-hybridized carbons (Fsp3) is 0.600. The van der Waals surface area contributed by atoms with E-state index in [2.05, 4.69) is 18.3 Å². The molecule has 1 nitrogen and oxygen atoms in total. The minimum Gasteiger partial charge on any atom is -0.313 e. The van der Waals surface area contributed by atoms with Gasteiger partial charge >= 0.3 is 0 Å². The van der Waals surface area contributed by atoms with Crippen molar-refractivity contribution in [2.24, 2.45) is 11.8 Å². The van der Waals surface area contributed by atoms with Crippen LogP contribution in [0, 0.1) is 24.6 Å². The molecule has 0 bridgehead atoms. The van der Waals surface area contributed by atoms with Gasteiger partial charge in [0.1, 0.15) is 5.82 Å². The van der Waals surface area contributed by atoms with Gasteiger partial charge in [-0.2, -0.15) is 0 Å². The molecule has 0 radical (unpaired) electrons. The highest BCUT2D eigenvalue weighted by Crippen LogP contribution is 2.38. The number of halogens is 1. The first-order valence-electron chi connectivity index (χ1n) is 6.54. The van der Waals surface area contributed by atoms with Crippen molar-refractivity contribution < 1.29 is 4.39 Å². The molecule has 3 atom stereocenters. The molecule has 0 spiro atoms. The highest BCUT2D eigenvalue weighted by atomic mass is 19.1. The van der Waals surface area contributed by atoms with Crippen molar-refractivity contribution in [3.63, 3.8) is 0 Å². The molecule has 1 aliphatic rings. The molecule has 0 aliphatic heterocycles. The highest BCUT2D eigenvalue weighted by Gasteiger charge is 2.29. The van der Waals surface area contributed by atoms with E-state index in [4.69, 9.17) is 0 Å². The van der Waals surface area contributed by atoms with Gasteiger partial charge in [-0.15, -0.1) is 0 Å². The Bertz CT molecular complexity index is 368. The van der Waals surface area contributed by atoms with Gasteiger partial charge in [-0.05, 0) is 61.9 Å². The summed E-state index contributed by atoms with van der Waals surface area (Å²) in [6, 6.07) is 5.67. The Labute approximate surface area is 103 Å². The van der Waals surface area contributed by atoms with Crippen molar-refractivity contribution in [1.82, 2.24) is 5.32 Å². The van der Waals surface area contributed by atoms with Crippen LogP contribution in [0.3, 0.4) is 0 Å². The maximum Gasteiger partial charge on any atom is 0.123 e. The van der Waals surface area contributed by atoms with E-state index in [-0.39, 0.29) is 5.82 Å². The van der Waals surface area contributed by atoms with Gasteiger partial charge in [0, 0.05) is 6.04 Å². The third kappa shape index (κ3) is 2.86. The maximum absolute atomic E-state index is 13.5. The fourth-order valence-electron chi connectivity index (χ4n) is 3.17. The molecule has 2 heteroatoms. The summed E-state index contributed by atoms with van der Waals surface area (Å²) in [6.07, 6.45) is 3.81. The smallest absolute Gasteiger partial charge is 0.123 e. The van der Waals surface area contributed by atoms with Crippen molar-refractivity contribution in [2.75, 3.05) is 7.05 Å². The second kappa shape index (κ2) is 5.18. The Morgan fingerprint density at radius 2 is 2.06 bits per heavy atom. The summed E-state index contributed by atoms with van der Waals surface area (Å²) < 4.78 is 13.5. The molecule has 94 valence electrons. The lowest BCUT2D eigenvalue weighted by Crippen LogP contribution is -2.24. The molecule has 1 N–H and O–H groups in total. The molecule has 3 unspecified atom stereocenters. The average Bonchev–Trinajstić information content (AvgIpc) is 2.64. The molecule has 1 saturated carbocycles. The Morgan fingerprint density at radius 1 is 1.29 bits per heavy atom. The summed E-state index contributed by atoms with van der Waals surface area (Å²) >= 11 is 0. The zero-order valence-electron chi connectivity index (χ0n) is 11.0. The van der Waals surface area contributed by atoms with Crippen LogP contribution in [0.15, 0.2) is 18.2 Å². The Hall–Kier alpha value is -0.890. The lowest BCUT2D eigenvalue weighted by Gasteiger charge is -2.24. The molecule has 1 aromatic rings. The van der Waals surface area contributed by atoms with Gasteiger partial charge in [0.05, 0.1) is 0 Å². The summed E-state index contributed by atoms with van der Waals surface area (Å²) in [4.78, 5) is 0. The van der Waals surface area contributed by atoms with Gasteiger partial charge in [-0.25, -0.2) is 4.39 Å². The summed E-state index contributed by atoms with van der Waals surface area (Å²) in [6.45, 7) is 4.26. The highest BCUT2D eigenvalue weighted by molar-refractivity contribution is 5.27. The van der Waals surface area contributed by atoms with Crippen molar-refractivity contribution in [1.29, 1.82) is 0 Å². The van der Waals surface area contributed by atoms with Gasteiger partial charge in [-0.1, -0.05) is 19.4 Å². The van der Waals surface area contributed by atoms with Gasteiger partial charge in [0.25, 0.3) is 0 Å². The number of aryl methyl sites for hydroxylation is 1. The SMILES string of the molecule is CNC(c1cc(C)cc(F)c1)C1CCC(C)C1. The van der Waals surface area contributed by atoms with E-state index < -0.39 is 0 Å². The van der Waals surface area contributed by atoms with Crippen LogP contribution in [0.25, 0.3) is 0 Å². The monoisotopic (exact) mass is 235 g/mol. The molecule has 0 saturated heterocycles. The summed E-state index contributed by atoms with van der Waals surface area (Å²) in [5.74, 6) is 1.34. The van der Waals surface area contributed by atoms with Crippen molar-refractivity contribution in [3.05, 3.63) is 35.1 Å². The van der Waals surface area contributed by atoms with Crippen molar-refractivity contribution in [3.8, 4) is 0 Å². The molecule has 1 aromatic carbocycles. The van der Waals surface area contributed by atoms with Crippen LogP contribution in [0.5, 0.6) is 0 Å². The predicted octanol–water partition coefficient (Wildman–Crippen LogP) is 3.83. The van der Waals surface area contributed by atoms with E-state index in [1.165, 1.54) is 19.3 Å². The molecule has 0 aromatic heterocycles. The Balaban J connectivity index is 2.22. The van der Waals surface area contributed by atoms with Crippen LogP contribution < -0.4 is 5.32 Å². The molecule has 17 heavy (non-hydrogen) atoms. The second-order valence-electron chi connectivity index (χ2n) is 5.51. The average molecular weight is 235 g/mol. The zero-order valence-corrected chi connectivity index (χ0v) is 11.0. The largest absolute Gasteiger partial charge is 0.313 e. The van der Waals surface area contributed by atoms with Gasteiger partial charge in [-0.3, -0.25) is 0 Å². The normalized spacial score (nSPS) is 26.1. The molecule has 0 amide bonds. The van der Waals surface area contributed by atoms with E-state index >= 15 is 0 Å². The van der Waals surface area contributed by atoms with Crippen LogP contribution >= 0.6 is 0 Å². The first kappa shape index (κ1) is 12.6. The molecule has 2 rings (SSSR count). The van der Waals surface area contributed by atoms with Crippen molar-refractivity contribution in [2.45, 2.75) is 39.2 Å². The first-order valence-corrected chi connectivity index (χ1v) is 6.54. The summed E-state index contributed by atoms with van der Waals surface area (Å²) in [5, 5.41) is 3.37. The summed E-state index contributed by atoms with van der Waals surface area (Å²) in [7, 11) is 1.98. The Morgan fingerprint density at radius 3 is 2.59 bits per heavy atom. The van der Waals surface area contributed by atoms with Crippen LogP contribution in [0.2, 0.25) is 0 Å². The van der Waals surface area contributed by atoms with Gasteiger partial charge in [0.2, 0.25) is 0 Å². The van der Waals surface area contributed by atoms with Crippen LogP contribution in [-0.2, 0) is 0 Å². The van der Waals surface area contributed by atoms with Crippen LogP contribution in [-0.4, -0.2) is 7.05 Å². The summed E-state index contributed by atoms with van der Waals surface area (Å²) in [5.41, 5.74) is 2.11. The number of rotatable bonds is 3.